The molecule has 0 spiro atoms. The average Bonchev–Trinajstić information content (AvgIpc) is 3.43. The third-order valence-corrected chi connectivity index (χ3v) is 6.25. The van der Waals surface area contributed by atoms with Crippen molar-refractivity contribution in [2.45, 2.75) is 32.7 Å². The molecule has 0 aliphatic carbocycles. The highest BCUT2D eigenvalue weighted by atomic mass is 32.1. The number of hydrogen-bond acceptors (Lipinski definition) is 9. The summed E-state index contributed by atoms with van der Waals surface area (Å²) < 4.78 is 6.27. The first-order valence-electron chi connectivity index (χ1n) is 11.0. The fourth-order valence-corrected chi connectivity index (χ4v) is 4.44. The summed E-state index contributed by atoms with van der Waals surface area (Å²) in [6.45, 7) is 7.73. The van der Waals surface area contributed by atoms with Crippen LogP contribution in [0.25, 0.3) is 10.2 Å². The first kappa shape index (κ1) is 22.4. The summed E-state index contributed by atoms with van der Waals surface area (Å²) in [5.74, 6) is 2.19. The molecule has 11 heteroatoms. The number of rotatable bonds is 10. The number of hydrogen-bond donors (Lipinski definition) is 4. The van der Waals surface area contributed by atoms with Gasteiger partial charge in [0.15, 0.2) is 11.6 Å². The third-order valence-electron chi connectivity index (χ3n) is 5.34. The second-order valence-corrected chi connectivity index (χ2v) is 8.68. The van der Waals surface area contributed by atoms with Crippen molar-refractivity contribution < 1.29 is 9.53 Å². The number of amides is 1. The number of carbonyl (C=O) groups is 1. The number of ether oxygens (including phenoxy) is 1. The molecule has 1 aliphatic rings. The topological polar surface area (TPSA) is 120 Å². The van der Waals surface area contributed by atoms with Gasteiger partial charge in [-0.3, -0.25) is 9.89 Å². The Labute approximate surface area is 191 Å². The Kier molecular flexibility index (Phi) is 7.51. The minimum Gasteiger partial charge on any atom is -0.380 e. The van der Waals surface area contributed by atoms with Crippen molar-refractivity contribution in [1.82, 2.24) is 30.4 Å². The molecular formula is C21H30N8O2S. The van der Waals surface area contributed by atoms with Gasteiger partial charge in [-0.2, -0.15) is 10.1 Å². The van der Waals surface area contributed by atoms with Crippen LogP contribution in [0.3, 0.4) is 0 Å². The van der Waals surface area contributed by atoms with E-state index in [1.807, 2.05) is 36.3 Å². The number of nitrogens with one attached hydrogen (secondary N) is 4. The van der Waals surface area contributed by atoms with Crippen LogP contribution in [0.4, 0.5) is 17.6 Å². The molecule has 0 atom stereocenters. The minimum absolute atomic E-state index is 0.136. The van der Waals surface area contributed by atoms with Gasteiger partial charge in [0.1, 0.15) is 0 Å². The molecule has 3 aromatic heterocycles. The van der Waals surface area contributed by atoms with E-state index in [1.54, 1.807) is 11.3 Å². The highest BCUT2D eigenvalue weighted by Gasteiger charge is 2.23. The van der Waals surface area contributed by atoms with Gasteiger partial charge in [-0.05, 0) is 38.1 Å². The molecule has 1 fully saturated rings. The molecule has 1 aliphatic heterocycles. The number of thiophene rings is 1. The van der Waals surface area contributed by atoms with Gasteiger partial charge in [-0.25, -0.2) is 4.98 Å². The summed E-state index contributed by atoms with van der Waals surface area (Å²) in [6.07, 6.45) is 1.72. The molecule has 0 saturated carbocycles. The molecule has 0 bridgehead atoms. The zero-order chi connectivity index (χ0) is 22.3. The fraction of sp³-hybridized carbons (Fsp3) is 0.524. The second-order valence-electron chi connectivity index (χ2n) is 7.77. The summed E-state index contributed by atoms with van der Waals surface area (Å²) in [5.41, 5.74) is 1.88. The van der Waals surface area contributed by atoms with Crippen molar-refractivity contribution >= 4 is 45.0 Å². The number of fused-ring (bicyclic) bond motifs is 1. The van der Waals surface area contributed by atoms with E-state index >= 15 is 0 Å². The molecule has 1 saturated heterocycles. The van der Waals surface area contributed by atoms with Crippen LogP contribution in [0.1, 0.15) is 25.5 Å². The summed E-state index contributed by atoms with van der Waals surface area (Å²) in [7, 11) is 0. The Bertz CT molecular complexity index is 1030. The Balaban J connectivity index is 1.32. The number of carbonyl (C=O) groups excluding carboxylic acids is 1. The van der Waals surface area contributed by atoms with Crippen LogP contribution in [-0.2, 0) is 9.53 Å². The number of nitrogens with zero attached hydrogens (tertiary/aromatic N) is 4. The maximum Gasteiger partial charge on any atom is 0.236 e. The van der Waals surface area contributed by atoms with E-state index in [2.05, 4.69) is 31.1 Å². The first-order chi connectivity index (χ1) is 15.6. The van der Waals surface area contributed by atoms with Gasteiger partial charge in [0.2, 0.25) is 11.9 Å². The van der Waals surface area contributed by atoms with Gasteiger partial charge in [-0.1, -0.05) is 0 Å². The first-order valence-corrected chi connectivity index (χ1v) is 11.9. The smallest absolute Gasteiger partial charge is 0.236 e. The highest BCUT2D eigenvalue weighted by Crippen LogP contribution is 2.29. The molecule has 0 aromatic carbocycles. The van der Waals surface area contributed by atoms with Crippen molar-refractivity contribution in [2.24, 2.45) is 0 Å². The lowest BCUT2D eigenvalue weighted by Crippen LogP contribution is -2.46. The third kappa shape index (κ3) is 5.72. The van der Waals surface area contributed by atoms with E-state index in [-0.39, 0.29) is 11.9 Å². The summed E-state index contributed by atoms with van der Waals surface area (Å²) in [6, 6.07) is 4.15. The fourth-order valence-electron chi connectivity index (χ4n) is 3.67. The monoisotopic (exact) mass is 458 g/mol. The Hall–Kier alpha value is -2.76. The summed E-state index contributed by atoms with van der Waals surface area (Å²) in [5, 5.41) is 19.1. The van der Waals surface area contributed by atoms with Crippen LogP contribution in [0.5, 0.6) is 0 Å². The van der Waals surface area contributed by atoms with Gasteiger partial charge in [0.25, 0.3) is 0 Å². The van der Waals surface area contributed by atoms with Crippen LogP contribution in [0.15, 0.2) is 17.5 Å². The van der Waals surface area contributed by atoms with Crippen molar-refractivity contribution in [1.29, 1.82) is 0 Å². The van der Waals surface area contributed by atoms with Gasteiger partial charge in [-0.15, -0.1) is 11.3 Å². The average molecular weight is 459 g/mol. The van der Waals surface area contributed by atoms with E-state index in [0.29, 0.717) is 32.3 Å². The predicted octanol–water partition coefficient (Wildman–Crippen LogP) is 2.50. The lowest BCUT2D eigenvalue weighted by atomic mass is 10.1. The zero-order valence-electron chi connectivity index (χ0n) is 18.5. The lowest BCUT2D eigenvalue weighted by Gasteiger charge is -2.32. The largest absolute Gasteiger partial charge is 0.380 e. The number of aromatic nitrogens is 4. The summed E-state index contributed by atoms with van der Waals surface area (Å²) >= 11 is 1.60. The number of H-pyrrole nitrogens is 1. The summed E-state index contributed by atoms with van der Waals surface area (Å²) in [4.78, 5) is 23.7. The van der Waals surface area contributed by atoms with Crippen LogP contribution < -0.4 is 16.0 Å². The normalized spacial score (nSPS) is 14.8. The molecule has 4 heterocycles. The molecule has 172 valence electrons. The van der Waals surface area contributed by atoms with Gasteiger partial charge < -0.3 is 25.6 Å². The van der Waals surface area contributed by atoms with Gasteiger partial charge in [0.05, 0.1) is 23.4 Å². The number of anilines is 3. The van der Waals surface area contributed by atoms with Crippen LogP contribution in [0.2, 0.25) is 0 Å². The van der Waals surface area contributed by atoms with Gasteiger partial charge >= 0.3 is 0 Å². The molecule has 0 unspecified atom stereocenters. The Morgan fingerprint density at radius 3 is 2.94 bits per heavy atom. The number of piperidine rings is 1. The Morgan fingerprint density at radius 2 is 2.19 bits per heavy atom. The van der Waals surface area contributed by atoms with Crippen molar-refractivity contribution in [3.63, 3.8) is 0 Å². The van der Waals surface area contributed by atoms with E-state index in [0.717, 1.165) is 53.5 Å². The van der Waals surface area contributed by atoms with E-state index < -0.39 is 0 Å². The maximum absolute atomic E-state index is 12.4. The predicted molar refractivity (Wildman–Crippen MR) is 127 cm³/mol. The molecule has 4 N–H and O–H groups in total. The molecule has 4 rings (SSSR count). The second kappa shape index (κ2) is 10.7. The maximum atomic E-state index is 12.4. The molecule has 1 amide bonds. The molecular weight excluding hydrogens is 428 g/mol. The van der Waals surface area contributed by atoms with Crippen molar-refractivity contribution in [3.05, 3.63) is 23.2 Å². The SMILES string of the molecule is CCOCCNCC(=O)N1CCC(Nc2nc(Nc3cc(C)[nH]n3)c3sccc3n2)CC1. The lowest BCUT2D eigenvalue weighted by molar-refractivity contribution is -0.131. The van der Waals surface area contributed by atoms with Crippen LogP contribution in [-0.4, -0.2) is 76.4 Å². The number of likely N-dealkylation sites (tertiary alicyclic amines) is 1. The molecule has 0 radical (unpaired) electrons. The standard InChI is InChI=1S/C21H30N8O2S/c1-3-31-10-7-22-13-18(30)29-8-4-15(5-9-29)23-21-24-16-6-11-32-19(16)20(26-21)25-17-12-14(2)27-28-17/h6,11-12,15,22H,3-5,7-10,13H2,1-2H3,(H3,23,24,25,26,27,28). The minimum atomic E-state index is 0.136. The van der Waals surface area contributed by atoms with Gasteiger partial charge in [0, 0.05) is 44.0 Å². The van der Waals surface area contributed by atoms with Crippen molar-refractivity contribution in [3.8, 4) is 0 Å². The van der Waals surface area contributed by atoms with Crippen molar-refractivity contribution in [2.75, 3.05) is 50.0 Å². The quantitative estimate of drug-likeness (QED) is 0.342. The van der Waals surface area contributed by atoms with E-state index in [4.69, 9.17) is 9.72 Å². The highest BCUT2D eigenvalue weighted by molar-refractivity contribution is 7.17. The number of aryl methyl sites for hydroxylation is 1. The molecule has 32 heavy (non-hydrogen) atoms. The van der Waals surface area contributed by atoms with E-state index in [9.17, 15) is 4.79 Å². The molecule has 3 aromatic rings. The number of aromatic amines is 1. The molecule has 10 nitrogen and oxygen atoms in total. The van der Waals surface area contributed by atoms with E-state index in [1.165, 1.54) is 0 Å². The van der Waals surface area contributed by atoms with Crippen LogP contribution in [0, 0.1) is 6.92 Å². The zero-order valence-corrected chi connectivity index (χ0v) is 19.3. The Morgan fingerprint density at radius 1 is 1.34 bits per heavy atom. The van der Waals surface area contributed by atoms with Crippen LogP contribution >= 0.6 is 11.3 Å².